The Morgan fingerprint density at radius 2 is 2.42 bits per heavy atom. The summed E-state index contributed by atoms with van der Waals surface area (Å²) in [5.41, 5.74) is 1.34. The summed E-state index contributed by atoms with van der Waals surface area (Å²) in [6.45, 7) is -0.441. The third-order valence-electron chi connectivity index (χ3n) is 2.63. The first kappa shape index (κ1) is 14.0. The van der Waals surface area contributed by atoms with E-state index in [1.165, 1.54) is 6.20 Å². The van der Waals surface area contributed by atoms with Crippen LogP contribution in [0.2, 0.25) is 0 Å². The van der Waals surface area contributed by atoms with Gasteiger partial charge in [0.05, 0.1) is 18.2 Å². The Morgan fingerprint density at radius 3 is 3.11 bits per heavy atom. The second kappa shape index (κ2) is 6.63. The molecule has 102 valence electrons. The Hall–Kier alpha value is -1.47. The first-order chi connectivity index (χ1) is 9.20. The predicted molar refractivity (Wildman–Crippen MR) is 75.7 cm³/mol. The van der Waals surface area contributed by atoms with Crippen molar-refractivity contribution in [1.29, 1.82) is 0 Å². The molecule has 2 rings (SSSR count). The zero-order valence-electron chi connectivity index (χ0n) is 10.0. The highest BCUT2D eigenvalue weighted by Crippen LogP contribution is 2.10. The SMILES string of the molecule is O=C(OCCc1ccsc1)C1=CNC(=S)NC1CF. The molecule has 0 bridgehead atoms. The zero-order chi connectivity index (χ0) is 13.7. The van der Waals surface area contributed by atoms with Gasteiger partial charge in [0.1, 0.15) is 6.67 Å². The van der Waals surface area contributed by atoms with Crippen molar-refractivity contribution in [1.82, 2.24) is 10.6 Å². The molecule has 0 saturated carbocycles. The molecule has 1 unspecified atom stereocenters. The number of carbonyl (C=O) groups excluding carboxylic acids is 1. The minimum atomic E-state index is -0.734. The van der Waals surface area contributed by atoms with Gasteiger partial charge in [-0.05, 0) is 34.6 Å². The zero-order valence-corrected chi connectivity index (χ0v) is 11.7. The topological polar surface area (TPSA) is 50.4 Å². The van der Waals surface area contributed by atoms with Crippen LogP contribution in [0.4, 0.5) is 4.39 Å². The van der Waals surface area contributed by atoms with E-state index in [1.54, 1.807) is 11.3 Å². The molecule has 1 aliphatic heterocycles. The van der Waals surface area contributed by atoms with Crippen LogP contribution in [-0.4, -0.2) is 30.4 Å². The number of ether oxygens (including phenoxy) is 1. The van der Waals surface area contributed by atoms with E-state index in [2.05, 4.69) is 10.6 Å². The number of esters is 1. The lowest BCUT2D eigenvalue weighted by Crippen LogP contribution is -2.48. The van der Waals surface area contributed by atoms with E-state index >= 15 is 0 Å². The van der Waals surface area contributed by atoms with Crippen LogP contribution in [0.15, 0.2) is 28.6 Å². The molecule has 2 N–H and O–H groups in total. The predicted octanol–water partition coefficient (Wildman–Crippen LogP) is 1.53. The maximum Gasteiger partial charge on any atom is 0.337 e. The molecule has 19 heavy (non-hydrogen) atoms. The van der Waals surface area contributed by atoms with Gasteiger partial charge in [-0.1, -0.05) is 0 Å². The molecule has 0 aliphatic carbocycles. The summed E-state index contributed by atoms with van der Waals surface area (Å²) in [5, 5.41) is 9.62. The van der Waals surface area contributed by atoms with E-state index in [-0.39, 0.29) is 12.2 Å². The summed E-state index contributed by atoms with van der Waals surface area (Å²) >= 11 is 6.44. The van der Waals surface area contributed by atoms with Gasteiger partial charge in [0.15, 0.2) is 5.11 Å². The molecule has 1 aromatic rings. The maximum absolute atomic E-state index is 12.8. The second-order valence-electron chi connectivity index (χ2n) is 3.94. The van der Waals surface area contributed by atoms with E-state index in [9.17, 15) is 9.18 Å². The molecule has 0 aromatic carbocycles. The Morgan fingerprint density at radius 1 is 1.58 bits per heavy atom. The summed E-state index contributed by atoms with van der Waals surface area (Å²) in [6.07, 6.45) is 2.05. The fraction of sp³-hybridized carbons (Fsp3) is 0.333. The Kier molecular flexibility index (Phi) is 4.86. The summed E-state index contributed by atoms with van der Waals surface area (Å²) in [7, 11) is 0. The van der Waals surface area contributed by atoms with E-state index in [0.717, 1.165) is 5.56 Å². The molecule has 1 aromatic heterocycles. The molecular formula is C12H13FN2O2S2. The van der Waals surface area contributed by atoms with Gasteiger partial charge in [0, 0.05) is 12.6 Å². The third kappa shape index (κ3) is 3.74. The van der Waals surface area contributed by atoms with Gasteiger partial charge in [0.2, 0.25) is 0 Å². The summed E-state index contributed by atoms with van der Waals surface area (Å²) in [5.74, 6) is -0.527. The Balaban J connectivity index is 1.86. The summed E-state index contributed by atoms with van der Waals surface area (Å²) < 4.78 is 17.9. The lowest BCUT2D eigenvalue weighted by atomic mass is 10.1. The number of carbonyl (C=O) groups is 1. The van der Waals surface area contributed by atoms with Crippen LogP contribution in [-0.2, 0) is 16.0 Å². The number of thiophene rings is 1. The molecule has 2 heterocycles. The summed E-state index contributed by atoms with van der Waals surface area (Å²) in [6, 6.07) is 1.24. The van der Waals surface area contributed by atoms with Crippen molar-refractivity contribution >= 4 is 34.6 Å². The lowest BCUT2D eigenvalue weighted by molar-refractivity contribution is -0.139. The van der Waals surface area contributed by atoms with Crippen molar-refractivity contribution in [3.63, 3.8) is 0 Å². The molecule has 0 amide bonds. The van der Waals surface area contributed by atoms with Crippen molar-refractivity contribution in [2.45, 2.75) is 12.5 Å². The molecule has 1 aliphatic rings. The van der Waals surface area contributed by atoms with Gasteiger partial charge in [-0.15, -0.1) is 0 Å². The lowest BCUT2D eigenvalue weighted by Gasteiger charge is -2.24. The van der Waals surface area contributed by atoms with E-state index in [1.807, 2.05) is 16.8 Å². The van der Waals surface area contributed by atoms with Gasteiger partial charge < -0.3 is 15.4 Å². The average molecular weight is 300 g/mol. The Bertz CT molecular complexity index is 488. The van der Waals surface area contributed by atoms with Crippen LogP contribution in [0.25, 0.3) is 0 Å². The van der Waals surface area contributed by atoms with Gasteiger partial charge in [-0.2, -0.15) is 11.3 Å². The molecular weight excluding hydrogens is 287 g/mol. The highest BCUT2D eigenvalue weighted by Gasteiger charge is 2.26. The van der Waals surface area contributed by atoms with E-state index in [4.69, 9.17) is 17.0 Å². The molecule has 0 radical (unpaired) electrons. The fourth-order valence-corrected chi connectivity index (χ4v) is 2.53. The number of hydrogen-bond donors (Lipinski definition) is 2. The summed E-state index contributed by atoms with van der Waals surface area (Å²) in [4.78, 5) is 11.8. The van der Waals surface area contributed by atoms with Crippen molar-refractivity contribution in [2.75, 3.05) is 13.3 Å². The molecule has 1 atom stereocenters. The van der Waals surface area contributed by atoms with E-state index < -0.39 is 18.7 Å². The quantitative estimate of drug-likeness (QED) is 0.638. The van der Waals surface area contributed by atoms with Gasteiger partial charge >= 0.3 is 5.97 Å². The second-order valence-corrected chi connectivity index (χ2v) is 5.13. The Labute approximate surface area is 119 Å². The van der Waals surface area contributed by atoms with Crippen LogP contribution in [0.3, 0.4) is 0 Å². The van der Waals surface area contributed by atoms with Gasteiger partial charge in [-0.3, -0.25) is 0 Å². The number of rotatable bonds is 5. The third-order valence-corrected chi connectivity index (χ3v) is 3.60. The highest BCUT2D eigenvalue weighted by molar-refractivity contribution is 7.80. The number of alkyl halides is 1. The smallest absolute Gasteiger partial charge is 0.337 e. The number of hydrogen-bond acceptors (Lipinski definition) is 4. The van der Waals surface area contributed by atoms with Crippen LogP contribution >= 0.6 is 23.6 Å². The normalized spacial score (nSPS) is 18.3. The number of nitrogens with one attached hydrogen (secondary N) is 2. The minimum Gasteiger partial charge on any atom is -0.462 e. The highest BCUT2D eigenvalue weighted by atomic mass is 32.1. The van der Waals surface area contributed by atoms with Crippen molar-refractivity contribution in [3.05, 3.63) is 34.2 Å². The van der Waals surface area contributed by atoms with Crippen LogP contribution < -0.4 is 10.6 Å². The van der Waals surface area contributed by atoms with Gasteiger partial charge in [0.25, 0.3) is 0 Å². The first-order valence-corrected chi connectivity index (χ1v) is 7.07. The average Bonchev–Trinajstić information content (AvgIpc) is 2.91. The van der Waals surface area contributed by atoms with Crippen LogP contribution in [0.5, 0.6) is 0 Å². The number of thiocarbonyl (C=S) groups is 1. The molecule has 4 nitrogen and oxygen atoms in total. The molecule has 0 fully saturated rings. The van der Waals surface area contributed by atoms with E-state index in [0.29, 0.717) is 11.5 Å². The molecule has 0 saturated heterocycles. The minimum absolute atomic E-state index is 0.224. The monoisotopic (exact) mass is 300 g/mol. The van der Waals surface area contributed by atoms with Crippen molar-refractivity contribution in [3.8, 4) is 0 Å². The first-order valence-electron chi connectivity index (χ1n) is 5.72. The standard InChI is InChI=1S/C12H13FN2O2S2/c13-5-10-9(6-14-12(18)15-10)11(16)17-3-1-8-2-4-19-7-8/h2,4,6-7,10H,1,3,5H2,(H2,14,15,18). The van der Waals surface area contributed by atoms with Crippen LogP contribution in [0.1, 0.15) is 5.56 Å². The van der Waals surface area contributed by atoms with Crippen molar-refractivity contribution in [2.24, 2.45) is 0 Å². The number of halogens is 1. The van der Waals surface area contributed by atoms with Gasteiger partial charge in [-0.25, -0.2) is 9.18 Å². The molecule has 7 heteroatoms. The largest absolute Gasteiger partial charge is 0.462 e. The van der Waals surface area contributed by atoms with Crippen LogP contribution in [0, 0.1) is 0 Å². The van der Waals surface area contributed by atoms with Crippen molar-refractivity contribution < 1.29 is 13.9 Å². The fourth-order valence-electron chi connectivity index (χ4n) is 1.62. The maximum atomic E-state index is 12.8. The molecule has 0 spiro atoms.